The minimum Gasteiger partial charge on any atom is -0.212 e. The van der Waals surface area contributed by atoms with E-state index in [2.05, 4.69) is 5.32 Å². The van der Waals surface area contributed by atoms with Crippen molar-refractivity contribution in [1.29, 1.82) is 5.26 Å². The van der Waals surface area contributed by atoms with E-state index in [9.17, 15) is 0 Å². The lowest BCUT2D eigenvalue weighted by Crippen LogP contribution is -1.89. The van der Waals surface area contributed by atoms with E-state index in [0.717, 1.165) is 0 Å². The van der Waals surface area contributed by atoms with Gasteiger partial charge >= 0.3 is 0 Å². The summed E-state index contributed by atoms with van der Waals surface area (Å²) in [7, 11) is 0. The van der Waals surface area contributed by atoms with Gasteiger partial charge in [0.15, 0.2) is 0 Å². The molecule has 0 aromatic carbocycles. The van der Waals surface area contributed by atoms with Crippen molar-refractivity contribution in [3.8, 4) is 6.19 Å². The molecular weight excluding hydrogens is 64.0 g/mol. The molecule has 0 fully saturated rings. The minimum absolute atomic E-state index is 0.608. The summed E-state index contributed by atoms with van der Waals surface area (Å²) in [5.41, 5.74) is 0. The van der Waals surface area contributed by atoms with Crippen LogP contribution in [0.25, 0.3) is 0 Å². The third-order valence-corrected chi connectivity index (χ3v) is 0.229. The summed E-state index contributed by atoms with van der Waals surface area (Å²) in [5, 5.41) is 10.9. The molecule has 0 atom stereocenters. The lowest BCUT2D eigenvalue weighted by molar-refractivity contribution is 0.916. The van der Waals surface area contributed by atoms with Crippen LogP contribution < -0.4 is 5.32 Å². The van der Waals surface area contributed by atoms with Crippen LogP contribution in [-0.2, 0) is 0 Å². The van der Waals surface area contributed by atoms with Crippen LogP contribution in [0.2, 0.25) is 0 Å². The van der Waals surface area contributed by atoms with E-state index in [1.54, 1.807) is 6.19 Å². The minimum atomic E-state index is 0.608. The Labute approximate surface area is 31.4 Å². The van der Waals surface area contributed by atoms with Crippen LogP contribution in [0.15, 0.2) is 0 Å². The summed E-state index contributed by atoms with van der Waals surface area (Å²) in [5.74, 6) is 0. The molecule has 2 heteroatoms. The van der Waals surface area contributed by atoms with Crippen molar-refractivity contribution in [3.05, 3.63) is 0 Å². The molecule has 0 aromatic heterocycles. The molecule has 0 aliphatic rings. The quantitative estimate of drug-likeness (QED) is 0.402. The van der Waals surface area contributed by atoms with Crippen LogP contribution in [-0.4, -0.2) is 6.54 Å². The molecule has 0 unspecified atom stereocenters. The predicted molar refractivity (Wildman–Crippen MR) is 18.3 cm³/mol. The molecule has 0 saturated carbocycles. The van der Waals surface area contributed by atoms with Gasteiger partial charge in [-0.25, -0.2) is 5.32 Å². The van der Waals surface area contributed by atoms with E-state index < -0.39 is 0 Å². The lowest BCUT2D eigenvalue weighted by Gasteiger charge is -1.69. The standard InChI is InChI=1S/C3H5N2/c1-2-5-3-4/h2H2,1H3. The summed E-state index contributed by atoms with van der Waals surface area (Å²) in [6, 6.07) is 0. The second-order valence-corrected chi connectivity index (χ2v) is 0.574. The molecule has 0 aliphatic heterocycles. The topological polar surface area (TPSA) is 37.9 Å². The smallest absolute Gasteiger partial charge is 0.200 e. The Hall–Kier alpha value is -0.710. The first kappa shape index (κ1) is 4.29. The van der Waals surface area contributed by atoms with E-state index in [1.807, 2.05) is 6.92 Å². The van der Waals surface area contributed by atoms with Crippen molar-refractivity contribution in [2.45, 2.75) is 6.92 Å². The Morgan fingerprint density at radius 2 is 2.60 bits per heavy atom. The second-order valence-electron chi connectivity index (χ2n) is 0.574. The van der Waals surface area contributed by atoms with Gasteiger partial charge in [-0.2, -0.15) is 5.26 Å². The van der Waals surface area contributed by atoms with Crippen LogP contribution >= 0.6 is 0 Å². The van der Waals surface area contributed by atoms with Gasteiger partial charge in [0.05, 0.1) is 0 Å². The monoisotopic (exact) mass is 69.0 g/mol. The third-order valence-electron chi connectivity index (χ3n) is 0.229. The van der Waals surface area contributed by atoms with Crippen LogP contribution in [0, 0.1) is 11.5 Å². The summed E-state index contributed by atoms with van der Waals surface area (Å²) in [6.07, 6.45) is 1.64. The highest BCUT2D eigenvalue weighted by Gasteiger charge is 1.62. The number of hydrogen-bond donors (Lipinski definition) is 0. The fourth-order valence-corrected chi connectivity index (χ4v) is 0.0707. The van der Waals surface area contributed by atoms with Gasteiger partial charge in [0.1, 0.15) is 0 Å². The number of nitriles is 1. The molecule has 5 heavy (non-hydrogen) atoms. The Kier molecular flexibility index (Phi) is 2.82. The van der Waals surface area contributed by atoms with Crippen molar-refractivity contribution in [3.63, 3.8) is 0 Å². The van der Waals surface area contributed by atoms with E-state index in [4.69, 9.17) is 5.26 Å². The zero-order valence-corrected chi connectivity index (χ0v) is 3.10. The first-order valence-corrected chi connectivity index (χ1v) is 1.47. The van der Waals surface area contributed by atoms with Gasteiger partial charge in [-0.3, -0.25) is 0 Å². The van der Waals surface area contributed by atoms with Gasteiger partial charge in [-0.1, -0.05) is 0 Å². The first-order chi connectivity index (χ1) is 2.41. The van der Waals surface area contributed by atoms with Crippen molar-refractivity contribution < 1.29 is 0 Å². The number of nitrogens with zero attached hydrogens (tertiary/aromatic N) is 2. The van der Waals surface area contributed by atoms with Gasteiger partial charge in [-0.15, -0.1) is 0 Å². The van der Waals surface area contributed by atoms with E-state index in [-0.39, 0.29) is 0 Å². The highest BCUT2D eigenvalue weighted by Crippen LogP contribution is 1.46. The van der Waals surface area contributed by atoms with E-state index in [1.165, 1.54) is 0 Å². The Balaban J connectivity index is 2.48. The SMILES string of the molecule is CC[N]C#N. The summed E-state index contributed by atoms with van der Waals surface area (Å²) in [6.45, 7) is 2.43. The molecule has 0 rings (SSSR count). The molecule has 0 spiro atoms. The highest BCUT2D eigenvalue weighted by molar-refractivity contribution is 4.59. The second kappa shape index (κ2) is 3.29. The molecule has 1 radical (unpaired) electrons. The number of hydrogen-bond acceptors (Lipinski definition) is 1. The van der Waals surface area contributed by atoms with E-state index in [0.29, 0.717) is 6.54 Å². The molecule has 0 bridgehead atoms. The molecule has 0 heterocycles. The summed E-state index contributed by atoms with van der Waals surface area (Å²) < 4.78 is 0. The van der Waals surface area contributed by atoms with Gasteiger partial charge in [0, 0.05) is 6.54 Å². The first-order valence-electron chi connectivity index (χ1n) is 1.47. The predicted octanol–water partition coefficient (Wildman–Crippen LogP) is 0.0918. The van der Waals surface area contributed by atoms with Gasteiger partial charge in [0.25, 0.3) is 0 Å². The average Bonchev–Trinajstić information content (AvgIpc) is 1.41. The maximum absolute atomic E-state index is 7.65. The normalized spacial score (nSPS) is 5.60. The van der Waals surface area contributed by atoms with Gasteiger partial charge in [-0.05, 0) is 6.92 Å². The number of rotatable bonds is 1. The van der Waals surface area contributed by atoms with Crippen LogP contribution in [0.3, 0.4) is 0 Å². The van der Waals surface area contributed by atoms with E-state index >= 15 is 0 Å². The Bertz CT molecular complexity index is 43.3. The molecule has 0 aromatic rings. The van der Waals surface area contributed by atoms with Crippen LogP contribution in [0.1, 0.15) is 6.92 Å². The van der Waals surface area contributed by atoms with Crippen LogP contribution in [0.4, 0.5) is 0 Å². The van der Waals surface area contributed by atoms with Gasteiger partial charge < -0.3 is 0 Å². The molecular formula is C3H5N2. The zero-order valence-electron chi connectivity index (χ0n) is 3.10. The molecule has 0 N–H and O–H groups in total. The van der Waals surface area contributed by atoms with Crippen molar-refractivity contribution >= 4 is 0 Å². The summed E-state index contributed by atoms with van der Waals surface area (Å²) >= 11 is 0. The Morgan fingerprint density at radius 3 is 2.60 bits per heavy atom. The molecule has 0 amide bonds. The fraction of sp³-hybridized carbons (Fsp3) is 0.667. The molecule has 27 valence electrons. The third kappa shape index (κ3) is 3.29. The van der Waals surface area contributed by atoms with Crippen molar-refractivity contribution in [2.75, 3.05) is 6.54 Å². The summed E-state index contributed by atoms with van der Waals surface area (Å²) in [4.78, 5) is 0. The average molecular weight is 69.1 g/mol. The molecule has 0 saturated heterocycles. The van der Waals surface area contributed by atoms with Crippen molar-refractivity contribution in [1.82, 2.24) is 5.32 Å². The molecule has 2 nitrogen and oxygen atoms in total. The maximum atomic E-state index is 7.65. The molecule has 0 aliphatic carbocycles. The lowest BCUT2D eigenvalue weighted by atomic mass is 10.8. The Morgan fingerprint density at radius 1 is 2.00 bits per heavy atom. The van der Waals surface area contributed by atoms with Gasteiger partial charge in [0.2, 0.25) is 6.19 Å². The zero-order chi connectivity index (χ0) is 4.12. The highest BCUT2D eigenvalue weighted by atomic mass is 14.8. The van der Waals surface area contributed by atoms with Crippen LogP contribution in [0.5, 0.6) is 0 Å². The fourth-order valence-electron chi connectivity index (χ4n) is 0.0707. The van der Waals surface area contributed by atoms with Crippen molar-refractivity contribution in [2.24, 2.45) is 0 Å². The maximum Gasteiger partial charge on any atom is 0.200 e. The largest absolute Gasteiger partial charge is 0.212 e.